The second-order valence-corrected chi connectivity index (χ2v) is 2.98. The van der Waals surface area contributed by atoms with E-state index >= 15 is 0 Å². The predicted octanol–water partition coefficient (Wildman–Crippen LogP) is 2.01. The van der Waals surface area contributed by atoms with Gasteiger partial charge in [-0.15, -0.1) is 0 Å². The number of imidazole rings is 1. The van der Waals surface area contributed by atoms with E-state index < -0.39 is 0 Å². The zero-order chi connectivity index (χ0) is 8.84. The number of aryl methyl sites for hydroxylation is 1. The van der Waals surface area contributed by atoms with E-state index in [1.165, 1.54) is 0 Å². The van der Waals surface area contributed by atoms with E-state index in [-0.39, 0.29) is 0 Å². The Hall–Kier alpha value is -1.84. The fourth-order valence-corrected chi connectivity index (χ4v) is 1.53. The predicted molar refractivity (Wildman–Crippen MR) is 48.4 cm³/mol. The molecule has 2 heterocycles. The van der Waals surface area contributed by atoms with Crippen LogP contribution in [-0.4, -0.2) is 15.1 Å². The maximum absolute atomic E-state index is 5.14. The van der Waals surface area contributed by atoms with Crippen LogP contribution in [0.1, 0.15) is 5.82 Å². The second-order valence-electron chi connectivity index (χ2n) is 2.98. The van der Waals surface area contributed by atoms with E-state index in [2.05, 4.69) is 15.1 Å². The fourth-order valence-electron chi connectivity index (χ4n) is 1.53. The first-order chi connectivity index (χ1) is 6.34. The van der Waals surface area contributed by atoms with Crippen molar-refractivity contribution in [2.45, 2.75) is 6.92 Å². The van der Waals surface area contributed by atoms with Crippen molar-refractivity contribution in [3.05, 3.63) is 24.2 Å². The molecule has 1 aromatic carbocycles. The van der Waals surface area contributed by atoms with Gasteiger partial charge in [-0.05, 0) is 19.1 Å². The van der Waals surface area contributed by atoms with Crippen molar-refractivity contribution >= 4 is 22.0 Å². The zero-order valence-electron chi connectivity index (χ0n) is 7.03. The van der Waals surface area contributed by atoms with Crippen LogP contribution < -0.4 is 0 Å². The van der Waals surface area contributed by atoms with E-state index in [9.17, 15) is 0 Å². The lowest BCUT2D eigenvalue weighted by Gasteiger charge is -1.86. The summed E-state index contributed by atoms with van der Waals surface area (Å²) in [5.41, 5.74) is 2.63. The number of hydrogen-bond acceptors (Lipinski definition) is 3. The molecule has 0 atom stereocenters. The monoisotopic (exact) mass is 173 g/mol. The largest absolute Gasteiger partial charge is 0.382 e. The van der Waals surface area contributed by atoms with Gasteiger partial charge in [0.15, 0.2) is 5.58 Å². The molecular formula is C9H7N3O. The molecule has 2 aromatic heterocycles. The van der Waals surface area contributed by atoms with E-state index in [0.29, 0.717) is 0 Å². The highest BCUT2D eigenvalue weighted by Crippen LogP contribution is 2.22. The van der Waals surface area contributed by atoms with Crippen LogP contribution >= 0.6 is 0 Å². The first kappa shape index (κ1) is 6.65. The minimum Gasteiger partial charge on any atom is -0.382 e. The van der Waals surface area contributed by atoms with E-state index in [4.69, 9.17) is 4.52 Å². The molecule has 0 saturated heterocycles. The van der Waals surface area contributed by atoms with Crippen LogP contribution in [0.4, 0.5) is 0 Å². The lowest BCUT2D eigenvalue weighted by molar-refractivity contribution is 0.456. The van der Waals surface area contributed by atoms with Crippen LogP contribution in [0, 0.1) is 6.92 Å². The molecule has 3 aromatic rings. The standard InChI is InChI=1S/C9H7N3O/c1-5-11-7-2-3-8-6(4-10-13-8)9(7)12-5/h2-4,10H,1H3. The Labute approximate surface area is 73.6 Å². The number of fused-ring (bicyclic) bond motifs is 3. The highest BCUT2D eigenvalue weighted by molar-refractivity contribution is 6.01. The van der Waals surface area contributed by atoms with Crippen LogP contribution in [0.2, 0.25) is 0 Å². The molecule has 0 aliphatic carbocycles. The third kappa shape index (κ3) is 0.796. The molecule has 3 rings (SSSR count). The molecule has 13 heavy (non-hydrogen) atoms. The lowest BCUT2D eigenvalue weighted by Crippen LogP contribution is -1.69. The molecule has 0 saturated carbocycles. The van der Waals surface area contributed by atoms with Gasteiger partial charge in [0.05, 0.1) is 10.9 Å². The van der Waals surface area contributed by atoms with Crippen LogP contribution in [0.25, 0.3) is 22.0 Å². The third-order valence-corrected chi connectivity index (χ3v) is 2.08. The van der Waals surface area contributed by atoms with Gasteiger partial charge in [0, 0.05) is 6.20 Å². The van der Waals surface area contributed by atoms with Crippen LogP contribution in [-0.2, 0) is 0 Å². The second kappa shape index (κ2) is 2.10. The Morgan fingerprint density at radius 2 is 2.23 bits per heavy atom. The van der Waals surface area contributed by atoms with Gasteiger partial charge in [-0.3, -0.25) is 0 Å². The highest BCUT2D eigenvalue weighted by atomic mass is 16.5. The average molecular weight is 173 g/mol. The van der Waals surface area contributed by atoms with Crippen LogP contribution in [0.3, 0.4) is 0 Å². The summed E-state index contributed by atoms with van der Waals surface area (Å²) in [7, 11) is 0. The van der Waals surface area contributed by atoms with Gasteiger partial charge in [-0.2, -0.15) is 0 Å². The Balaban J connectivity index is 2.64. The van der Waals surface area contributed by atoms with Gasteiger partial charge in [-0.25, -0.2) is 15.1 Å². The summed E-state index contributed by atoms with van der Waals surface area (Å²) in [5.74, 6) is 0.795. The van der Waals surface area contributed by atoms with E-state index in [1.807, 2.05) is 19.1 Å². The minimum absolute atomic E-state index is 0.795. The number of H-pyrrole nitrogens is 1. The van der Waals surface area contributed by atoms with Gasteiger partial charge in [0.25, 0.3) is 0 Å². The number of rotatable bonds is 0. The van der Waals surface area contributed by atoms with Crippen molar-refractivity contribution in [3.63, 3.8) is 0 Å². The molecule has 0 amide bonds. The average Bonchev–Trinajstić information content (AvgIpc) is 2.65. The molecule has 0 bridgehead atoms. The Morgan fingerprint density at radius 3 is 3.15 bits per heavy atom. The van der Waals surface area contributed by atoms with E-state index in [0.717, 1.165) is 27.8 Å². The Kier molecular flexibility index (Phi) is 1.07. The summed E-state index contributed by atoms with van der Waals surface area (Å²) in [4.78, 5) is 8.60. The summed E-state index contributed by atoms with van der Waals surface area (Å²) in [6.45, 7) is 1.88. The number of hydrogen-bond donors (Lipinski definition) is 1. The van der Waals surface area contributed by atoms with Crippen LogP contribution in [0.15, 0.2) is 22.9 Å². The Bertz CT molecular complexity index is 579. The molecule has 4 heteroatoms. The highest BCUT2D eigenvalue weighted by Gasteiger charge is 2.07. The zero-order valence-corrected chi connectivity index (χ0v) is 7.03. The van der Waals surface area contributed by atoms with E-state index in [1.54, 1.807) is 6.20 Å². The molecule has 0 radical (unpaired) electrons. The summed E-state index contributed by atoms with van der Waals surface area (Å²) >= 11 is 0. The van der Waals surface area contributed by atoms with Crippen molar-refractivity contribution in [1.29, 1.82) is 0 Å². The summed E-state index contributed by atoms with van der Waals surface area (Å²) < 4.78 is 5.14. The molecule has 0 aliphatic heterocycles. The van der Waals surface area contributed by atoms with Gasteiger partial charge in [0.2, 0.25) is 0 Å². The molecule has 0 unspecified atom stereocenters. The summed E-state index contributed by atoms with van der Waals surface area (Å²) in [6.07, 6.45) is 1.80. The maximum atomic E-state index is 5.14. The number of aromatic nitrogens is 3. The lowest BCUT2D eigenvalue weighted by atomic mass is 10.2. The van der Waals surface area contributed by atoms with Gasteiger partial charge in [0.1, 0.15) is 11.3 Å². The molecule has 64 valence electrons. The van der Waals surface area contributed by atoms with Gasteiger partial charge < -0.3 is 4.52 Å². The Morgan fingerprint density at radius 1 is 1.31 bits per heavy atom. The number of nitrogens with zero attached hydrogens (tertiary/aromatic N) is 2. The quantitative estimate of drug-likeness (QED) is 0.565. The van der Waals surface area contributed by atoms with Gasteiger partial charge >= 0.3 is 0 Å². The smallest absolute Gasteiger partial charge is 0.166 e. The first-order valence-electron chi connectivity index (χ1n) is 4.04. The third-order valence-electron chi connectivity index (χ3n) is 2.08. The summed E-state index contributed by atoms with van der Waals surface area (Å²) in [6, 6.07) is 3.80. The van der Waals surface area contributed by atoms with Crippen molar-refractivity contribution in [1.82, 2.24) is 15.1 Å². The minimum atomic E-state index is 0.795. The molecule has 4 nitrogen and oxygen atoms in total. The van der Waals surface area contributed by atoms with Crippen LogP contribution in [0.5, 0.6) is 0 Å². The van der Waals surface area contributed by atoms with Crippen molar-refractivity contribution in [3.8, 4) is 0 Å². The van der Waals surface area contributed by atoms with Crippen molar-refractivity contribution < 1.29 is 4.52 Å². The normalized spacial score (nSPS) is 11.5. The van der Waals surface area contributed by atoms with Crippen molar-refractivity contribution in [2.24, 2.45) is 0 Å². The molecule has 0 spiro atoms. The molecule has 0 fully saturated rings. The molecule has 0 aliphatic rings. The first-order valence-corrected chi connectivity index (χ1v) is 4.04. The topological polar surface area (TPSA) is 54.7 Å². The number of nitrogens with one attached hydrogen (secondary N) is 1. The van der Waals surface area contributed by atoms with Crippen molar-refractivity contribution in [2.75, 3.05) is 0 Å². The van der Waals surface area contributed by atoms with Gasteiger partial charge in [-0.1, -0.05) is 0 Å². The maximum Gasteiger partial charge on any atom is 0.166 e. The molecule has 1 N–H and O–H groups in total. The summed E-state index contributed by atoms with van der Waals surface area (Å²) in [5, 5.41) is 3.68. The number of aromatic amines is 1. The number of benzene rings is 1. The fraction of sp³-hybridized carbons (Fsp3) is 0.111. The molecular weight excluding hydrogens is 166 g/mol. The SMILES string of the molecule is Cc1nc2ccc3o[nH]cc3c2n1.